The smallest absolute Gasteiger partial charge is 0.289 e. The second-order valence-electron chi connectivity index (χ2n) is 5.21. The van der Waals surface area contributed by atoms with E-state index in [1.165, 1.54) is 17.0 Å². The highest BCUT2D eigenvalue weighted by atomic mass is 19.1. The fourth-order valence-electron chi connectivity index (χ4n) is 2.31. The number of aliphatic hydroxyl groups excluding tert-OH is 1. The van der Waals surface area contributed by atoms with Gasteiger partial charge in [-0.15, -0.1) is 0 Å². The minimum Gasteiger partial charge on any atom is -0.503 e. The SMILES string of the molecule is CN1CC(c2ncc(Cc3ccc(F)cc3)cn2)=C(O)C1=O. The summed E-state index contributed by atoms with van der Waals surface area (Å²) in [6, 6.07) is 6.24. The van der Waals surface area contributed by atoms with Gasteiger partial charge in [-0.3, -0.25) is 4.79 Å². The maximum atomic E-state index is 12.9. The Hall–Kier alpha value is -2.76. The Morgan fingerprint density at radius 2 is 1.82 bits per heavy atom. The molecule has 0 unspecified atom stereocenters. The third-order valence-electron chi connectivity index (χ3n) is 3.53. The highest BCUT2D eigenvalue weighted by molar-refractivity contribution is 6.02. The molecule has 0 bridgehead atoms. The van der Waals surface area contributed by atoms with E-state index >= 15 is 0 Å². The van der Waals surface area contributed by atoms with E-state index in [4.69, 9.17) is 0 Å². The molecule has 1 aliphatic rings. The minimum atomic E-state index is -0.422. The normalized spacial score (nSPS) is 14.8. The lowest BCUT2D eigenvalue weighted by Crippen LogP contribution is -2.21. The quantitative estimate of drug-likeness (QED) is 0.940. The van der Waals surface area contributed by atoms with Crippen LogP contribution in [-0.4, -0.2) is 39.5 Å². The van der Waals surface area contributed by atoms with Crippen molar-refractivity contribution in [2.45, 2.75) is 6.42 Å². The zero-order chi connectivity index (χ0) is 15.7. The number of likely N-dealkylation sites (N-methyl/N-ethyl adjacent to an activating group) is 1. The molecule has 0 saturated carbocycles. The van der Waals surface area contributed by atoms with E-state index in [1.807, 2.05) is 0 Å². The molecule has 0 fully saturated rings. The Morgan fingerprint density at radius 1 is 1.18 bits per heavy atom. The van der Waals surface area contributed by atoms with Crippen molar-refractivity contribution in [3.63, 3.8) is 0 Å². The van der Waals surface area contributed by atoms with E-state index in [0.717, 1.165) is 11.1 Å². The summed E-state index contributed by atoms with van der Waals surface area (Å²) in [5.74, 6) is -0.645. The first-order valence-electron chi connectivity index (χ1n) is 6.78. The van der Waals surface area contributed by atoms with Crippen molar-refractivity contribution in [2.75, 3.05) is 13.6 Å². The van der Waals surface area contributed by atoms with E-state index in [1.54, 1.807) is 31.6 Å². The van der Waals surface area contributed by atoms with Crippen LogP contribution in [0.3, 0.4) is 0 Å². The molecule has 0 saturated heterocycles. The molecule has 22 heavy (non-hydrogen) atoms. The monoisotopic (exact) mass is 299 g/mol. The van der Waals surface area contributed by atoms with Crippen LogP contribution < -0.4 is 0 Å². The number of benzene rings is 1. The Bertz CT molecular complexity index is 739. The second kappa shape index (κ2) is 5.55. The van der Waals surface area contributed by atoms with E-state index in [0.29, 0.717) is 24.4 Å². The molecule has 2 aromatic rings. The lowest BCUT2D eigenvalue weighted by Gasteiger charge is -2.07. The van der Waals surface area contributed by atoms with Crippen molar-refractivity contribution >= 4 is 11.5 Å². The van der Waals surface area contributed by atoms with Crippen LogP contribution in [0.15, 0.2) is 42.4 Å². The summed E-state index contributed by atoms with van der Waals surface area (Å²) in [5, 5.41) is 9.78. The Kier molecular flexibility index (Phi) is 3.58. The van der Waals surface area contributed by atoms with Gasteiger partial charge in [0.25, 0.3) is 5.91 Å². The number of aliphatic hydroxyl groups is 1. The third-order valence-corrected chi connectivity index (χ3v) is 3.53. The van der Waals surface area contributed by atoms with Crippen LogP contribution in [0.5, 0.6) is 0 Å². The molecule has 0 radical (unpaired) electrons. The van der Waals surface area contributed by atoms with Gasteiger partial charge in [0, 0.05) is 25.9 Å². The first kappa shape index (κ1) is 14.2. The van der Waals surface area contributed by atoms with Crippen LogP contribution in [-0.2, 0) is 11.2 Å². The van der Waals surface area contributed by atoms with Gasteiger partial charge in [0.1, 0.15) is 5.82 Å². The van der Waals surface area contributed by atoms with Gasteiger partial charge in [-0.25, -0.2) is 14.4 Å². The summed E-state index contributed by atoms with van der Waals surface area (Å²) in [6.45, 7) is 0.294. The molecule has 0 atom stereocenters. The topological polar surface area (TPSA) is 66.3 Å². The first-order valence-corrected chi connectivity index (χ1v) is 6.78. The van der Waals surface area contributed by atoms with E-state index < -0.39 is 5.91 Å². The molecule has 1 aliphatic heterocycles. The van der Waals surface area contributed by atoms with Crippen LogP contribution in [0, 0.1) is 5.82 Å². The summed E-state index contributed by atoms with van der Waals surface area (Å²) in [5.41, 5.74) is 2.25. The summed E-state index contributed by atoms with van der Waals surface area (Å²) < 4.78 is 12.9. The number of hydrogen-bond acceptors (Lipinski definition) is 4. The van der Waals surface area contributed by atoms with Crippen molar-refractivity contribution < 1.29 is 14.3 Å². The van der Waals surface area contributed by atoms with Gasteiger partial charge >= 0.3 is 0 Å². The van der Waals surface area contributed by atoms with Crippen molar-refractivity contribution in [3.8, 4) is 0 Å². The number of rotatable bonds is 3. The van der Waals surface area contributed by atoms with Crippen LogP contribution >= 0.6 is 0 Å². The molecule has 5 nitrogen and oxygen atoms in total. The molecule has 2 heterocycles. The van der Waals surface area contributed by atoms with Crippen LogP contribution in [0.1, 0.15) is 17.0 Å². The predicted octanol–water partition coefficient (Wildman–Crippen LogP) is 1.95. The predicted molar refractivity (Wildman–Crippen MR) is 78.4 cm³/mol. The second-order valence-corrected chi connectivity index (χ2v) is 5.21. The first-order chi connectivity index (χ1) is 10.5. The minimum absolute atomic E-state index is 0.271. The molecule has 0 aliphatic carbocycles. The fourth-order valence-corrected chi connectivity index (χ4v) is 2.31. The molecular weight excluding hydrogens is 285 g/mol. The van der Waals surface area contributed by atoms with Crippen LogP contribution in [0.4, 0.5) is 4.39 Å². The summed E-state index contributed by atoms with van der Waals surface area (Å²) in [4.78, 5) is 21.4. The Morgan fingerprint density at radius 3 is 2.36 bits per heavy atom. The zero-order valence-corrected chi connectivity index (χ0v) is 12.0. The summed E-state index contributed by atoms with van der Waals surface area (Å²) in [6.07, 6.45) is 3.88. The van der Waals surface area contributed by atoms with Crippen LogP contribution in [0.2, 0.25) is 0 Å². The highest BCUT2D eigenvalue weighted by Gasteiger charge is 2.29. The number of amides is 1. The molecule has 1 amide bonds. The van der Waals surface area contributed by atoms with Gasteiger partial charge in [-0.1, -0.05) is 12.1 Å². The highest BCUT2D eigenvalue weighted by Crippen LogP contribution is 2.22. The van der Waals surface area contributed by atoms with E-state index in [2.05, 4.69) is 9.97 Å². The summed E-state index contributed by atoms with van der Waals surface area (Å²) in [7, 11) is 1.61. The number of hydrogen-bond donors (Lipinski definition) is 1. The van der Waals surface area contributed by atoms with Gasteiger partial charge in [0.05, 0.1) is 12.1 Å². The molecule has 112 valence electrons. The van der Waals surface area contributed by atoms with Gasteiger partial charge < -0.3 is 10.0 Å². The van der Waals surface area contributed by atoms with Crippen molar-refractivity contribution in [1.29, 1.82) is 0 Å². The standard InChI is InChI=1S/C16H14FN3O2/c1-20-9-13(14(21)16(20)22)15-18-7-11(8-19-15)6-10-2-4-12(17)5-3-10/h2-5,7-8,21H,6,9H2,1H3. The lowest BCUT2D eigenvalue weighted by atomic mass is 10.1. The number of aromatic nitrogens is 2. The Labute approximate surface area is 126 Å². The fraction of sp³-hybridized carbons (Fsp3) is 0.188. The summed E-state index contributed by atoms with van der Waals surface area (Å²) >= 11 is 0. The molecule has 1 N–H and O–H groups in total. The van der Waals surface area contributed by atoms with Crippen molar-refractivity contribution in [2.24, 2.45) is 0 Å². The Balaban J connectivity index is 1.79. The molecule has 1 aromatic carbocycles. The van der Waals surface area contributed by atoms with E-state index in [-0.39, 0.29) is 11.6 Å². The van der Waals surface area contributed by atoms with Gasteiger partial charge in [-0.2, -0.15) is 0 Å². The van der Waals surface area contributed by atoms with Crippen molar-refractivity contribution in [1.82, 2.24) is 14.9 Å². The van der Waals surface area contributed by atoms with E-state index in [9.17, 15) is 14.3 Å². The number of carbonyl (C=O) groups excluding carboxylic acids is 1. The number of carbonyl (C=O) groups is 1. The molecular formula is C16H14FN3O2. The zero-order valence-electron chi connectivity index (χ0n) is 12.0. The molecule has 6 heteroatoms. The molecule has 3 rings (SSSR count). The average molecular weight is 299 g/mol. The number of nitrogens with zero attached hydrogens (tertiary/aromatic N) is 3. The molecule has 1 aromatic heterocycles. The third kappa shape index (κ3) is 2.67. The largest absolute Gasteiger partial charge is 0.503 e. The number of halogens is 1. The average Bonchev–Trinajstić information content (AvgIpc) is 2.78. The van der Waals surface area contributed by atoms with Gasteiger partial charge in [-0.05, 0) is 23.3 Å². The lowest BCUT2D eigenvalue weighted by molar-refractivity contribution is -0.126. The van der Waals surface area contributed by atoms with Gasteiger partial charge in [0.2, 0.25) is 0 Å². The molecule has 0 spiro atoms. The van der Waals surface area contributed by atoms with Crippen molar-refractivity contribution in [3.05, 3.63) is 65.2 Å². The van der Waals surface area contributed by atoms with Gasteiger partial charge in [0.15, 0.2) is 11.6 Å². The van der Waals surface area contributed by atoms with Crippen LogP contribution in [0.25, 0.3) is 5.57 Å². The maximum absolute atomic E-state index is 12.9. The maximum Gasteiger partial charge on any atom is 0.289 e.